The van der Waals surface area contributed by atoms with E-state index in [2.05, 4.69) is 15.0 Å². The molecule has 2 aromatic rings. The summed E-state index contributed by atoms with van der Waals surface area (Å²) < 4.78 is 13.9. The number of aliphatic hydroxyl groups is 2. The fraction of sp³-hybridized carbons (Fsp3) is 0.500. The van der Waals surface area contributed by atoms with Crippen LogP contribution in [0, 0.1) is 0 Å². The maximum Gasteiger partial charge on any atom is 0.166 e. The molecule has 3 rings (SSSR count). The number of anilines is 1. The average Bonchev–Trinajstić information content (AvgIpc) is 2.92. The van der Waals surface area contributed by atoms with Crippen LogP contribution in [0.5, 0.6) is 0 Å². The standard InChI is InChI=1S/C10H13N5O3S/c11-9-8-10(13-3-12-9)15(4-14-8)7-1-5(17)6(2-16)19(7)18/h3-7,16-17H,1-2H2,(H2,11,12,13)/t5-,6+,7+,19?/m0/s1. The van der Waals surface area contributed by atoms with Gasteiger partial charge in [-0.2, -0.15) is 0 Å². The molecule has 4 N–H and O–H groups in total. The van der Waals surface area contributed by atoms with Crippen LogP contribution in [0.15, 0.2) is 12.7 Å². The third kappa shape index (κ3) is 1.81. The summed E-state index contributed by atoms with van der Waals surface area (Å²) in [6.07, 6.45) is 2.29. The smallest absolute Gasteiger partial charge is 0.166 e. The van der Waals surface area contributed by atoms with Gasteiger partial charge in [-0.3, -0.25) is 8.78 Å². The zero-order valence-corrected chi connectivity index (χ0v) is 10.7. The van der Waals surface area contributed by atoms with Crippen molar-refractivity contribution in [1.82, 2.24) is 19.5 Å². The van der Waals surface area contributed by atoms with E-state index in [-0.39, 0.29) is 18.8 Å². The van der Waals surface area contributed by atoms with Crippen LogP contribution in [0.25, 0.3) is 11.2 Å². The molecule has 4 atom stereocenters. The summed E-state index contributed by atoms with van der Waals surface area (Å²) >= 11 is 0. The maximum absolute atomic E-state index is 12.2. The van der Waals surface area contributed by atoms with Gasteiger partial charge in [0.25, 0.3) is 0 Å². The second-order valence-electron chi connectivity index (χ2n) is 4.39. The molecule has 0 aromatic carbocycles. The van der Waals surface area contributed by atoms with Gasteiger partial charge in [-0.25, -0.2) is 15.0 Å². The molecule has 1 saturated heterocycles. The van der Waals surface area contributed by atoms with E-state index in [4.69, 9.17) is 10.8 Å². The van der Waals surface area contributed by atoms with Gasteiger partial charge in [0.05, 0.1) is 35.1 Å². The lowest BCUT2D eigenvalue weighted by molar-refractivity contribution is 0.137. The van der Waals surface area contributed by atoms with Gasteiger partial charge in [-0.05, 0) is 0 Å². The summed E-state index contributed by atoms with van der Waals surface area (Å²) in [6.45, 7) is -0.311. The Balaban J connectivity index is 2.06. The minimum atomic E-state index is -1.40. The average molecular weight is 283 g/mol. The van der Waals surface area contributed by atoms with Crippen LogP contribution in [0.2, 0.25) is 0 Å². The van der Waals surface area contributed by atoms with E-state index in [0.717, 1.165) is 0 Å². The first kappa shape index (κ1) is 12.5. The van der Waals surface area contributed by atoms with E-state index in [1.807, 2.05) is 0 Å². The lowest BCUT2D eigenvalue weighted by Gasteiger charge is -2.11. The molecule has 0 aliphatic carbocycles. The number of hydrogen-bond donors (Lipinski definition) is 3. The largest absolute Gasteiger partial charge is 0.395 e. The second kappa shape index (κ2) is 4.51. The van der Waals surface area contributed by atoms with Crippen molar-refractivity contribution in [2.75, 3.05) is 12.3 Å². The number of fused-ring (bicyclic) bond motifs is 1. The summed E-state index contributed by atoms with van der Waals surface area (Å²) in [5.41, 5.74) is 6.62. The highest BCUT2D eigenvalue weighted by molar-refractivity contribution is 7.86. The van der Waals surface area contributed by atoms with Crippen LogP contribution in [-0.4, -0.2) is 51.9 Å². The predicted octanol–water partition coefficient (Wildman–Crippen LogP) is -1.22. The van der Waals surface area contributed by atoms with E-state index in [0.29, 0.717) is 11.2 Å². The summed E-state index contributed by atoms with van der Waals surface area (Å²) in [7, 11) is -1.40. The highest BCUT2D eigenvalue weighted by atomic mass is 32.2. The molecule has 1 aliphatic rings. The zero-order valence-electron chi connectivity index (χ0n) is 9.88. The van der Waals surface area contributed by atoms with Crippen LogP contribution < -0.4 is 5.73 Å². The van der Waals surface area contributed by atoms with Gasteiger partial charge >= 0.3 is 0 Å². The maximum atomic E-state index is 12.2. The Morgan fingerprint density at radius 3 is 2.95 bits per heavy atom. The number of aromatic nitrogens is 4. The SMILES string of the molecule is Nc1ncnc2c1ncn2[C@H]1C[C@H](O)[C@@H](CO)S1=O. The minimum Gasteiger partial charge on any atom is -0.395 e. The Kier molecular flexibility index (Phi) is 2.96. The molecule has 0 radical (unpaired) electrons. The van der Waals surface area contributed by atoms with E-state index in [1.54, 1.807) is 4.57 Å². The number of nitrogens with two attached hydrogens (primary N) is 1. The number of imidazole rings is 1. The minimum absolute atomic E-state index is 0.256. The quantitative estimate of drug-likeness (QED) is 0.630. The van der Waals surface area contributed by atoms with E-state index < -0.39 is 27.5 Å². The summed E-state index contributed by atoms with van der Waals surface area (Å²) in [5.74, 6) is 0.256. The van der Waals surface area contributed by atoms with Crippen molar-refractivity contribution in [3.8, 4) is 0 Å². The van der Waals surface area contributed by atoms with E-state index in [1.165, 1.54) is 12.7 Å². The summed E-state index contributed by atoms with van der Waals surface area (Å²) in [4.78, 5) is 12.0. The first-order valence-corrected chi connectivity index (χ1v) is 7.02. The third-order valence-electron chi connectivity index (χ3n) is 3.32. The van der Waals surface area contributed by atoms with Gasteiger partial charge in [0.2, 0.25) is 0 Å². The molecule has 0 spiro atoms. The predicted molar refractivity (Wildman–Crippen MR) is 68.4 cm³/mol. The van der Waals surface area contributed by atoms with Gasteiger partial charge in [0.1, 0.15) is 17.2 Å². The number of nitrogen functional groups attached to an aromatic ring is 1. The fourth-order valence-corrected chi connectivity index (χ4v) is 4.05. The topological polar surface area (TPSA) is 127 Å². The highest BCUT2D eigenvalue weighted by Gasteiger charge is 2.41. The molecule has 3 heterocycles. The first-order chi connectivity index (χ1) is 9.13. The number of aliphatic hydroxyl groups excluding tert-OH is 2. The Labute approximate surface area is 110 Å². The molecule has 0 amide bonds. The van der Waals surface area contributed by atoms with Gasteiger partial charge in [0.15, 0.2) is 11.5 Å². The Hall–Kier alpha value is -1.58. The third-order valence-corrected chi connectivity index (χ3v) is 5.33. The molecule has 1 unspecified atom stereocenters. The molecule has 1 fully saturated rings. The lowest BCUT2D eigenvalue weighted by Crippen LogP contribution is -2.26. The lowest BCUT2D eigenvalue weighted by atomic mass is 10.2. The van der Waals surface area contributed by atoms with E-state index >= 15 is 0 Å². The van der Waals surface area contributed by atoms with Crippen LogP contribution in [0.3, 0.4) is 0 Å². The molecule has 1 aliphatic heterocycles. The Morgan fingerprint density at radius 2 is 2.26 bits per heavy atom. The molecule has 9 heteroatoms. The molecule has 0 bridgehead atoms. The number of hydrogen-bond acceptors (Lipinski definition) is 7. The monoisotopic (exact) mass is 283 g/mol. The molecule has 8 nitrogen and oxygen atoms in total. The number of nitrogens with zero attached hydrogens (tertiary/aromatic N) is 4. The van der Waals surface area contributed by atoms with Crippen molar-refractivity contribution in [2.45, 2.75) is 23.1 Å². The van der Waals surface area contributed by atoms with Gasteiger partial charge in [0, 0.05) is 6.42 Å². The molecular weight excluding hydrogens is 270 g/mol. The second-order valence-corrected chi connectivity index (χ2v) is 6.20. The van der Waals surface area contributed by atoms with E-state index in [9.17, 15) is 9.32 Å². The normalized spacial score (nSPS) is 31.1. The summed E-state index contributed by atoms with van der Waals surface area (Å²) in [5, 5.41) is 17.9. The van der Waals surface area contributed by atoms with Gasteiger partial charge < -0.3 is 15.9 Å². The zero-order chi connectivity index (χ0) is 13.6. The fourth-order valence-electron chi connectivity index (χ4n) is 2.31. The Bertz CT molecular complexity index is 645. The van der Waals surface area contributed by atoms with Crippen molar-refractivity contribution in [1.29, 1.82) is 0 Å². The molecule has 0 saturated carbocycles. The van der Waals surface area contributed by atoms with Crippen LogP contribution >= 0.6 is 0 Å². The molecule has 2 aromatic heterocycles. The summed E-state index contributed by atoms with van der Waals surface area (Å²) in [6, 6.07) is 0. The highest BCUT2D eigenvalue weighted by Crippen LogP contribution is 2.34. The molecule has 102 valence electrons. The number of rotatable bonds is 2. The first-order valence-electron chi connectivity index (χ1n) is 5.74. The van der Waals surface area contributed by atoms with Crippen LogP contribution in [0.1, 0.15) is 11.8 Å². The molecule has 19 heavy (non-hydrogen) atoms. The van der Waals surface area contributed by atoms with Gasteiger partial charge in [-0.1, -0.05) is 0 Å². The Morgan fingerprint density at radius 1 is 1.47 bits per heavy atom. The van der Waals surface area contributed by atoms with Crippen LogP contribution in [-0.2, 0) is 10.8 Å². The van der Waals surface area contributed by atoms with Crippen LogP contribution in [0.4, 0.5) is 5.82 Å². The van der Waals surface area contributed by atoms with Crippen molar-refractivity contribution < 1.29 is 14.4 Å². The van der Waals surface area contributed by atoms with Crippen molar-refractivity contribution >= 4 is 27.8 Å². The van der Waals surface area contributed by atoms with Crippen molar-refractivity contribution in [3.63, 3.8) is 0 Å². The molecular formula is C10H13N5O3S. The van der Waals surface area contributed by atoms with Crippen molar-refractivity contribution in [3.05, 3.63) is 12.7 Å². The van der Waals surface area contributed by atoms with Crippen molar-refractivity contribution in [2.24, 2.45) is 0 Å². The van der Waals surface area contributed by atoms with Gasteiger partial charge in [-0.15, -0.1) is 0 Å².